The minimum absolute atomic E-state index is 0.00877. The Hall–Kier alpha value is -2.20. The molecule has 2 heterocycles. The second-order valence-electron chi connectivity index (χ2n) is 4.50. The molecule has 0 unspecified atom stereocenters. The fourth-order valence-electron chi connectivity index (χ4n) is 1.78. The van der Waals surface area contributed by atoms with Crippen molar-refractivity contribution in [2.45, 2.75) is 13.1 Å². The highest BCUT2D eigenvalue weighted by atomic mass is 35.5. The Morgan fingerprint density at radius 3 is 2.74 bits per heavy atom. The number of hydrogen-bond acceptors (Lipinski definition) is 5. The predicted octanol–water partition coefficient (Wildman–Crippen LogP) is 3.42. The third-order valence-corrected chi connectivity index (χ3v) is 4.11. The number of carbonyl (C=O) groups is 1. The minimum atomic E-state index is -4.53. The molecule has 3 rings (SSSR count). The Morgan fingerprint density at radius 1 is 1.35 bits per heavy atom. The number of hydrogen-bond donors (Lipinski definition) is 1. The zero-order chi connectivity index (χ0) is 16.8. The van der Waals surface area contributed by atoms with Crippen LogP contribution in [0, 0.1) is 6.92 Å². The smallest absolute Gasteiger partial charge is 0.318 e. The second kappa shape index (κ2) is 5.46. The summed E-state index contributed by atoms with van der Waals surface area (Å²) in [7, 11) is 0. The van der Waals surface area contributed by atoms with Gasteiger partial charge in [-0.05, 0) is 25.1 Å². The maximum absolute atomic E-state index is 12.7. The van der Waals surface area contributed by atoms with E-state index in [4.69, 9.17) is 11.6 Å². The molecule has 1 amide bonds. The lowest BCUT2D eigenvalue weighted by Gasteiger charge is -2.10. The van der Waals surface area contributed by atoms with Gasteiger partial charge in [-0.2, -0.15) is 17.7 Å². The summed E-state index contributed by atoms with van der Waals surface area (Å²) >= 11 is 6.80. The minimum Gasteiger partial charge on any atom is -0.318 e. The van der Waals surface area contributed by atoms with Crippen LogP contribution in [0.5, 0.6) is 0 Å². The number of anilines is 1. The van der Waals surface area contributed by atoms with Crippen LogP contribution in [0.25, 0.3) is 4.96 Å². The molecule has 1 N–H and O–H groups in total. The third kappa shape index (κ3) is 2.99. The van der Waals surface area contributed by atoms with Crippen LogP contribution in [0.2, 0.25) is 5.02 Å². The van der Waals surface area contributed by atoms with E-state index in [1.54, 1.807) is 6.92 Å². The number of rotatable bonds is 2. The second-order valence-corrected chi connectivity index (χ2v) is 5.86. The number of aryl methyl sites for hydroxylation is 1. The van der Waals surface area contributed by atoms with E-state index < -0.39 is 17.6 Å². The molecule has 6 nitrogen and oxygen atoms in total. The van der Waals surface area contributed by atoms with Crippen LogP contribution in [0.3, 0.4) is 0 Å². The van der Waals surface area contributed by atoms with Crippen LogP contribution < -0.4 is 5.32 Å². The van der Waals surface area contributed by atoms with Crippen LogP contribution in [0.1, 0.15) is 21.2 Å². The Labute approximate surface area is 135 Å². The SMILES string of the molecule is Cc1nnc2sc(C(=O)Nc3cc(C(F)(F)F)ccc3Cl)nn12. The number of amides is 1. The molecule has 11 heteroatoms. The van der Waals surface area contributed by atoms with Gasteiger partial charge in [0.1, 0.15) is 0 Å². The van der Waals surface area contributed by atoms with E-state index in [0.717, 1.165) is 29.5 Å². The molecular formula is C12H7ClF3N5OS. The molecule has 0 aliphatic carbocycles. The molecule has 0 spiro atoms. The number of benzene rings is 1. The normalized spacial score (nSPS) is 11.9. The quantitative estimate of drug-likeness (QED) is 0.759. The predicted molar refractivity (Wildman–Crippen MR) is 77.8 cm³/mol. The van der Waals surface area contributed by atoms with Crippen molar-refractivity contribution in [1.82, 2.24) is 19.8 Å². The fraction of sp³-hybridized carbons (Fsp3) is 0.167. The van der Waals surface area contributed by atoms with Crippen LogP contribution in [0.15, 0.2) is 18.2 Å². The summed E-state index contributed by atoms with van der Waals surface area (Å²) in [5.41, 5.74) is -1.06. The first kappa shape index (κ1) is 15.7. The number of nitrogens with zero attached hydrogens (tertiary/aromatic N) is 4. The molecule has 0 radical (unpaired) electrons. The maximum atomic E-state index is 12.7. The van der Waals surface area contributed by atoms with Crippen molar-refractivity contribution < 1.29 is 18.0 Å². The van der Waals surface area contributed by atoms with Gasteiger partial charge in [-0.25, -0.2) is 0 Å². The Bertz CT molecular complexity index is 904. The standard InChI is InChI=1S/C12H7ClF3N5OS/c1-5-18-19-11-21(5)20-10(23-11)9(22)17-8-4-6(12(14,15)16)2-3-7(8)13/h2-4H,1H3,(H,17,22). The van der Waals surface area contributed by atoms with E-state index in [-0.39, 0.29) is 15.7 Å². The van der Waals surface area contributed by atoms with Gasteiger partial charge in [0.15, 0.2) is 5.82 Å². The molecule has 0 saturated carbocycles. The molecule has 0 bridgehead atoms. The van der Waals surface area contributed by atoms with Gasteiger partial charge in [0.25, 0.3) is 5.91 Å². The van der Waals surface area contributed by atoms with E-state index in [9.17, 15) is 18.0 Å². The van der Waals surface area contributed by atoms with Crippen molar-refractivity contribution in [1.29, 1.82) is 0 Å². The van der Waals surface area contributed by atoms with Crippen molar-refractivity contribution in [2.24, 2.45) is 0 Å². The maximum Gasteiger partial charge on any atom is 0.416 e. The van der Waals surface area contributed by atoms with Gasteiger partial charge in [-0.15, -0.1) is 15.3 Å². The number of halogens is 4. The molecule has 3 aromatic rings. The lowest BCUT2D eigenvalue weighted by atomic mass is 10.2. The molecule has 0 aliphatic rings. The van der Waals surface area contributed by atoms with E-state index in [2.05, 4.69) is 20.6 Å². The van der Waals surface area contributed by atoms with Gasteiger partial charge in [-0.1, -0.05) is 22.9 Å². The Morgan fingerprint density at radius 2 is 2.09 bits per heavy atom. The summed E-state index contributed by atoms with van der Waals surface area (Å²) in [6.07, 6.45) is -4.53. The highest BCUT2D eigenvalue weighted by molar-refractivity contribution is 7.18. The Kier molecular flexibility index (Phi) is 3.72. The van der Waals surface area contributed by atoms with E-state index in [0.29, 0.717) is 10.8 Å². The van der Waals surface area contributed by atoms with Crippen molar-refractivity contribution in [3.8, 4) is 0 Å². The van der Waals surface area contributed by atoms with E-state index in [1.165, 1.54) is 4.52 Å². The van der Waals surface area contributed by atoms with Gasteiger partial charge in [0.2, 0.25) is 9.97 Å². The molecule has 0 atom stereocenters. The average Bonchev–Trinajstić information content (AvgIpc) is 3.03. The fourth-order valence-corrected chi connectivity index (χ4v) is 2.72. The first-order valence-electron chi connectivity index (χ1n) is 6.12. The lowest BCUT2D eigenvalue weighted by Crippen LogP contribution is -2.14. The number of carbonyl (C=O) groups excluding carboxylic acids is 1. The van der Waals surface area contributed by atoms with Gasteiger partial charge < -0.3 is 5.32 Å². The first-order chi connectivity index (χ1) is 10.8. The molecule has 1 aromatic carbocycles. The van der Waals surface area contributed by atoms with Gasteiger partial charge in [0, 0.05) is 0 Å². The molecular weight excluding hydrogens is 355 g/mol. The summed E-state index contributed by atoms with van der Waals surface area (Å²) < 4.78 is 39.5. The summed E-state index contributed by atoms with van der Waals surface area (Å²) in [6.45, 7) is 1.66. The van der Waals surface area contributed by atoms with Crippen LogP contribution in [-0.4, -0.2) is 25.7 Å². The zero-order valence-corrected chi connectivity index (χ0v) is 12.9. The van der Waals surface area contributed by atoms with E-state index in [1.807, 2.05) is 0 Å². The largest absolute Gasteiger partial charge is 0.416 e. The zero-order valence-electron chi connectivity index (χ0n) is 11.3. The van der Waals surface area contributed by atoms with Gasteiger partial charge in [-0.3, -0.25) is 4.79 Å². The molecule has 23 heavy (non-hydrogen) atoms. The summed E-state index contributed by atoms with van der Waals surface area (Å²) in [5.74, 6) is -0.187. The molecule has 0 aliphatic heterocycles. The Balaban J connectivity index is 1.90. The average molecular weight is 362 g/mol. The third-order valence-electron chi connectivity index (χ3n) is 2.88. The van der Waals surface area contributed by atoms with Crippen molar-refractivity contribution in [2.75, 3.05) is 5.32 Å². The van der Waals surface area contributed by atoms with Crippen LogP contribution >= 0.6 is 22.9 Å². The highest BCUT2D eigenvalue weighted by Crippen LogP contribution is 2.34. The number of aromatic nitrogens is 4. The van der Waals surface area contributed by atoms with Crippen LogP contribution in [0.4, 0.5) is 18.9 Å². The monoisotopic (exact) mass is 361 g/mol. The van der Waals surface area contributed by atoms with E-state index >= 15 is 0 Å². The molecule has 0 saturated heterocycles. The van der Waals surface area contributed by atoms with Gasteiger partial charge in [0.05, 0.1) is 16.3 Å². The first-order valence-corrected chi connectivity index (χ1v) is 7.32. The summed E-state index contributed by atoms with van der Waals surface area (Å²) in [5, 5.41) is 13.9. The number of nitrogens with one attached hydrogen (secondary N) is 1. The summed E-state index contributed by atoms with van der Waals surface area (Å²) in [4.78, 5) is 12.5. The molecule has 120 valence electrons. The molecule has 0 fully saturated rings. The van der Waals surface area contributed by atoms with Crippen molar-refractivity contribution >= 4 is 39.5 Å². The number of fused-ring (bicyclic) bond motifs is 1. The summed E-state index contributed by atoms with van der Waals surface area (Å²) in [6, 6.07) is 2.68. The van der Waals surface area contributed by atoms with Crippen molar-refractivity contribution in [3.63, 3.8) is 0 Å². The lowest BCUT2D eigenvalue weighted by molar-refractivity contribution is -0.137. The van der Waals surface area contributed by atoms with Gasteiger partial charge >= 0.3 is 6.18 Å². The highest BCUT2D eigenvalue weighted by Gasteiger charge is 2.31. The van der Waals surface area contributed by atoms with Crippen molar-refractivity contribution in [3.05, 3.63) is 39.6 Å². The number of alkyl halides is 3. The van der Waals surface area contributed by atoms with Crippen LogP contribution in [-0.2, 0) is 6.18 Å². The topological polar surface area (TPSA) is 72.2 Å². The molecule has 2 aromatic heterocycles.